The summed E-state index contributed by atoms with van der Waals surface area (Å²) in [4.78, 5) is 4.65. The van der Waals surface area contributed by atoms with Crippen molar-refractivity contribution in [3.05, 3.63) is 277 Å². The van der Waals surface area contributed by atoms with Crippen LogP contribution in [0.2, 0.25) is 0 Å². The molecule has 2 aliphatic carbocycles. The molecule has 2 heteroatoms. The van der Waals surface area contributed by atoms with Gasteiger partial charge >= 0.3 is 0 Å². The highest BCUT2D eigenvalue weighted by molar-refractivity contribution is 6.21. The van der Waals surface area contributed by atoms with Crippen LogP contribution in [0.25, 0.3) is 54.9 Å². The number of fused-ring (bicyclic) bond motifs is 7. The number of rotatable bonds is 8. The molecular weight excluding hydrogens is 785 g/mol. The van der Waals surface area contributed by atoms with E-state index in [1.807, 2.05) is 0 Å². The highest BCUT2D eigenvalue weighted by atomic mass is 15.1. The van der Waals surface area contributed by atoms with Gasteiger partial charge in [-0.05, 0) is 156 Å². The van der Waals surface area contributed by atoms with Crippen molar-refractivity contribution >= 4 is 55.7 Å². The van der Waals surface area contributed by atoms with Gasteiger partial charge in [-0.25, -0.2) is 0 Å². The molecule has 0 N–H and O–H groups in total. The standard InChI is InChI=1S/C63H42N2/c1-4-17-47(18-5-1)64(48-19-6-2-7-20-48)50-36-30-43(31-37-50)44-32-38-51(39-33-44)65(49-21-8-3-9-22-49)52-40-34-45(35-41-52)56-42-46-16-14-28-59-61(46)62-55(56)25-15-29-60(62)63(59)57-26-12-10-23-53(57)54-24-11-13-27-58(54)63/h1-42H. The highest BCUT2D eigenvalue weighted by Gasteiger charge is 2.50. The van der Waals surface area contributed by atoms with E-state index in [0.717, 1.165) is 34.1 Å². The fourth-order valence-electron chi connectivity index (χ4n) is 11.1. The van der Waals surface area contributed by atoms with E-state index < -0.39 is 0 Å². The lowest BCUT2D eigenvalue weighted by atomic mass is 9.70. The van der Waals surface area contributed by atoms with E-state index in [9.17, 15) is 0 Å². The molecule has 11 aromatic rings. The van der Waals surface area contributed by atoms with Crippen LogP contribution in [0, 0.1) is 0 Å². The molecule has 0 atom stereocenters. The van der Waals surface area contributed by atoms with E-state index in [-0.39, 0.29) is 5.41 Å². The molecule has 2 nitrogen and oxygen atoms in total. The Labute approximate surface area is 379 Å². The van der Waals surface area contributed by atoms with Crippen LogP contribution in [0.5, 0.6) is 0 Å². The van der Waals surface area contributed by atoms with Gasteiger partial charge in [0.1, 0.15) is 0 Å². The summed E-state index contributed by atoms with van der Waals surface area (Å²) in [7, 11) is 0. The summed E-state index contributed by atoms with van der Waals surface area (Å²) in [5, 5.41) is 5.33. The van der Waals surface area contributed by atoms with E-state index in [2.05, 4.69) is 265 Å². The largest absolute Gasteiger partial charge is 0.311 e. The number of hydrogen-bond donors (Lipinski definition) is 0. The van der Waals surface area contributed by atoms with Crippen LogP contribution in [0.4, 0.5) is 34.1 Å². The van der Waals surface area contributed by atoms with Gasteiger partial charge in [0.15, 0.2) is 0 Å². The van der Waals surface area contributed by atoms with Crippen molar-refractivity contribution in [2.45, 2.75) is 5.41 Å². The molecular formula is C63H42N2. The second-order valence-corrected chi connectivity index (χ2v) is 17.2. The van der Waals surface area contributed by atoms with Gasteiger partial charge in [-0.15, -0.1) is 0 Å². The molecule has 65 heavy (non-hydrogen) atoms. The molecule has 13 rings (SSSR count). The Morgan fingerprint density at radius 1 is 0.246 bits per heavy atom. The van der Waals surface area contributed by atoms with Gasteiger partial charge in [0.2, 0.25) is 0 Å². The maximum atomic E-state index is 2.42. The molecule has 304 valence electrons. The maximum absolute atomic E-state index is 2.42. The van der Waals surface area contributed by atoms with Gasteiger partial charge in [-0.2, -0.15) is 0 Å². The van der Waals surface area contributed by atoms with Crippen LogP contribution >= 0.6 is 0 Å². The first kappa shape index (κ1) is 37.1. The van der Waals surface area contributed by atoms with E-state index >= 15 is 0 Å². The number of anilines is 6. The van der Waals surface area contributed by atoms with Crippen molar-refractivity contribution < 1.29 is 0 Å². The maximum Gasteiger partial charge on any atom is 0.0725 e. The molecule has 0 saturated heterocycles. The third-order valence-corrected chi connectivity index (χ3v) is 13.8. The van der Waals surface area contributed by atoms with Crippen molar-refractivity contribution in [2.24, 2.45) is 0 Å². The number of hydrogen-bond acceptors (Lipinski definition) is 2. The van der Waals surface area contributed by atoms with Crippen LogP contribution in [0.3, 0.4) is 0 Å². The molecule has 0 aromatic heterocycles. The Bertz CT molecular complexity index is 3480. The first-order valence-electron chi connectivity index (χ1n) is 22.5. The lowest BCUT2D eigenvalue weighted by molar-refractivity contribution is 0.797. The summed E-state index contributed by atoms with van der Waals surface area (Å²) in [6.07, 6.45) is 0. The predicted octanol–water partition coefficient (Wildman–Crippen LogP) is 16.9. The molecule has 0 amide bonds. The first-order valence-corrected chi connectivity index (χ1v) is 22.5. The van der Waals surface area contributed by atoms with E-state index in [1.165, 1.54) is 77.2 Å². The van der Waals surface area contributed by atoms with Gasteiger partial charge in [0.25, 0.3) is 0 Å². The molecule has 0 saturated carbocycles. The van der Waals surface area contributed by atoms with Gasteiger partial charge in [0, 0.05) is 34.1 Å². The average Bonchev–Trinajstić information content (AvgIpc) is 3.86. The van der Waals surface area contributed by atoms with Gasteiger partial charge < -0.3 is 9.80 Å². The molecule has 11 aromatic carbocycles. The Kier molecular flexibility index (Phi) is 8.47. The van der Waals surface area contributed by atoms with E-state index in [4.69, 9.17) is 0 Å². The summed E-state index contributed by atoms with van der Waals surface area (Å²) in [6.45, 7) is 0. The van der Waals surface area contributed by atoms with Crippen molar-refractivity contribution in [1.82, 2.24) is 0 Å². The summed E-state index contributed by atoms with van der Waals surface area (Å²) in [6, 6.07) is 93.3. The van der Waals surface area contributed by atoms with Gasteiger partial charge in [-0.3, -0.25) is 0 Å². The zero-order valence-electron chi connectivity index (χ0n) is 35.6. The van der Waals surface area contributed by atoms with Gasteiger partial charge in [0.05, 0.1) is 5.41 Å². The lowest BCUT2D eigenvalue weighted by Crippen LogP contribution is -2.25. The first-order chi connectivity index (χ1) is 32.3. The van der Waals surface area contributed by atoms with Crippen LogP contribution in [0.1, 0.15) is 22.3 Å². The smallest absolute Gasteiger partial charge is 0.0725 e. The summed E-state index contributed by atoms with van der Waals surface area (Å²) >= 11 is 0. The molecule has 0 aliphatic heterocycles. The summed E-state index contributed by atoms with van der Waals surface area (Å²) in [5.74, 6) is 0. The quantitative estimate of drug-likeness (QED) is 0.141. The molecule has 1 spiro atoms. The Balaban J connectivity index is 0.862. The molecule has 0 unspecified atom stereocenters. The number of para-hydroxylation sites is 3. The van der Waals surface area contributed by atoms with Crippen LogP contribution in [-0.2, 0) is 5.41 Å². The van der Waals surface area contributed by atoms with Crippen molar-refractivity contribution in [3.8, 4) is 33.4 Å². The fourth-order valence-corrected chi connectivity index (χ4v) is 11.1. The van der Waals surface area contributed by atoms with Crippen molar-refractivity contribution in [2.75, 3.05) is 9.80 Å². The fraction of sp³-hybridized carbons (Fsp3) is 0.0159. The monoisotopic (exact) mass is 826 g/mol. The number of nitrogens with zero attached hydrogens (tertiary/aromatic N) is 2. The minimum absolute atomic E-state index is 0.349. The summed E-state index contributed by atoms with van der Waals surface area (Å²) in [5.41, 5.74) is 19.3. The van der Waals surface area contributed by atoms with Gasteiger partial charge in [-0.1, -0.05) is 176 Å². The highest BCUT2D eigenvalue weighted by Crippen LogP contribution is 2.63. The number of benzene rings is 11. The zero-order chi connectivity index (χ0) is 42.9. The Morgan fingerprint density at radius 3 is 1.09 bits per heavy atom. The third kappa shape index (κ3) is 5.67. The topological polar surface area (TPSA) is 6.48 Å². The van der Waals surface area contributed by atoms with Crippen molar-refractivity contribution in [3.63, 3.8) is 0 Å². The molecule has 0 fully saturated rings. The second-order valence-electron chi connectivity index (χ2n) is 17.2. The molecule has 0 radical (unpaired) electrons. The second kappa shape index (κ2) is 14.8. The third-order valence-electron chi connectivity index (χ3n) is 13.8. The molecule has 2 aliphatic rings. The van der Waals surface area contributed by atoms with Crippen LogP contribution in [-0.4, -0.2) is 0 Å². The minimum atomic E-state index is -0.349. The van der Waals surface area contributed by atoms with E-state index in [1.54, 1.807) is 0 Å². The average molecular weight is 827 g/mol. The SMILES string of the molecule is c1ccc(N(c2ccccc2)c2ccc(-c3ccc(N(c4ccccc4)c4ccc(-c5cc6cccc7c6c6c(cccc56)C75c6ccccc6-c6ccccc65)cc4)cc3)cc2)cc1. The Morgan fingerprint density at radius 2 is 0.615 bits per heavy atom. The normalized spacial score (nSPS) is 12.7. The Hall–Kier alpha value is -8.46. The minimum Gasteiger partial charge on any atom is -0.311 e. The summed E-state index contributed by atoms with van der Waals surface area (Å²) < 4.78 is 0. The molecule has 0 heterocycles. The van der Waals surface area contributed by atoms with Crippen LogP contribution in [0.15, 0.2) is 255 Å². The van der Waals surface area contributed by atoms with E-state index in [0.29, 0.717) is 0 Å². The lowest BCUT2D eigenvalue weighted by Gasteiger charge is -2.30. The van der Waals surface area contributed by atoms with Crippen molar-refractivity contribution in [1.29, 1.82) is 0 Å². The van der Waals surface area contributed by atoms with Crippen LogP contribution < -0.4 is 9.80 Å². The molecule has 0 bridgehead atoms. The predicted molar refractivity (Wildman–Crippen MR) is 273 cm³/mol. The zero-order valence-corrected chi connectivity index (χ0v) is 35.6.